The Kier molecular flexibility index (Phi) is 3.14. The van der Waals surface area contributed by atoms with Crippen molar-refractivity contribution >= 4 is 9.84 Å². The van der Waals surface area contributed by atoms with E-state index in [9.17, 15) is 8.42 Å². The molecule has 0 atom stereocenters. The van der Waals surface area contributed by atoms with E-state index in [2.05, 4.69) is 0 Å². The van der Waals surface area contributed by atoms with Crippen molar-refractivity contribution in [2.45, 2.75) is 17.6 Å². The molecule has 104 valence electrons. The second-order valence-corrected chi connectivity index (χ2v) is 6.75. The van der Waals surface area contributed by atoms with E-state index in [1.165, 1.54) is 0 Å². The van der Waals surface area contributed by atoms with Crippen LogP contribution < -0.4 is 9.47 Å². The molecule has 0 aliphatic carbocycles. The van der Waals surface area contributed by atoms with Crippen LogP contribution in [0.4, 0.5) is 0 Å². The number of aryl methyl sites for hydroxylation is 1. The number of sulfone groups is 1. The number of rotatable bonds is 3. The number of hydrogen-bond acceptors (Lipinski definition) is 4. The first-order valence-corrected chi connectivity index (χ1v) is 7.88. The van der Waals surface area contributed by atoms with Crippen molar-refractivity contribution in [1.29, 1.82) is 0 Å². The zero-order valence-electron chi connectivity index (χ0n) is 11.0. The van der Waals surface area contributed by atoms with Crippen LogP contribution in [0.1, 0.15) is 11.1 Å². The number of ether oxygens (including phenoxy) is 2. The van der Waals surface area contributed by atoms with Crippen LogP contribution in [0.2, 0.25) is 0 Å². The molecule has 0 spiro atoms. The molecule has 0 radical (unpaired) electrons. The molecule has 1 heterocycles. The van der Waals surface area contributed by atoms with Gasteiger partial charge in [-0.05, 0) is 36.8 Å². The molecule has 1 aliphatic heterocycles. The van der Waals surface area contributed by atoms with Gasteiger partial charge in [-0.2, -0.15) is 0 Å². The van der Waals surface area contributed by atoms with E-state index < -0.39 is 9.84 Å². The van der Waals surface area contributed by atoms with Crippen LogP contribution >= 0.6 is 0 Å². The summed E-state index contributed by atoms with van der Waals surface area (Å²) >= 11 is 0. The van der Waals surface area contributed by atoms with Gasteiger partial charge in [0.25, 0.3) is 0 Å². The number of benzene rings is 2. The van der Waals surface area contributed by atoms with E-state index >= 15 is 0 Å². The SMILES string of the molecule is Cc1ccc(S(=O)(=O)Cc2ccc3c(c2)OCO3)cc1. The fourth-order valence-corrected chi connectivity index (χ4v) is 3.41. The van der Waals surface area contributed by atoms with Crippen LogP contribution in [0.5, 0.6) is 11.5 Å². The highest BCUT2D eigenvalue weighted by Gasteiger charge is 2.18. The Morgan fingerprint density at radius 2 is 1.70 bits per heavy atom. The third-order valence-corrected chi connectivity index (χ3v) is 4.88. The topological polar surface area (TPSA) is 52.6 Å². The fourth-order valence-electron chi connectivity index (χ4n) is 2.08. The zero-order valence-corrected chi connectivity index (χ0v) is 11.8. The molecule has 0 saturated heterocycles. The van der Waals surface area contributed by atoms with Gasteiger partial charge in [-0.25, -0.2) is 8.42 Å². The summed E-state index contributed by atoms with van der Waals surface area (Å²) in [6.45, 7) is 2.11. The molecule has 2 aromatic rings. The second-order valence-electron chi connectivity index (χ2n) is 4.76. The van der Waals surface area contributed by atoms with Crippen molar-refractivity contribution in [3.05, 3.63) is 53.6 Å². The Bertz CT molecular complexity index is 733. The van der Waals surface area contributed by atoms with E-state index in [0.29, 0.717) is 22.0 Å². The third-order valence-electron chi connectivity index (χ3n) is 3.17. The Hall–Kier alpha value is -2.01. The van der Waals surface area contributed by atoms with Crippen LogP contribution in [0, 0.1) is 6.92 Å². The van der Waals surface area contributed by atoms with Gasteiger partial charge in [0.15, 0.2) is 21.3 Å². The van der Waals surface area contributed by atoms with Gasteiger partial charge >= 0.3 is 0 Å². The molecule has 0 N–H and O–H groups in total. The molecule has 2 aromatic carbocycles. The molecule has 0 unspecified atom stereocenters. The van der Waals surface area contributed by atoms with Crippen LogP contribution in [0.3, 0.4) is 0 Å². The van der Waals surface area contributed by atoms with Gasteiger partial charge in [0.05, 0.1) is 10.6 Å². The third kappa shape index (κ3) is 2.49. The second kappa shape index (κ2) is 4.83. The van der Waals surface area contributed by atoms with Crippen molar-refractivity contribution < 1.29 is 17.9 Å². The summed E-state index contributed by atoms with van der Waals surface area (Å²) in [7, 11) is -3.34. The molecule has 0 fully saturated rings. The molecule has 0 aromatic heterocycles. The molecular weight excluding hydrogens is 276 g/mol. The highest BCUT2D eigenvalue weighted by molar-refractivity contribution is 7.90. The lowest BCUT2D eigenvalue weighted by atomic mass is 10.2. The van der Waals surface area contributed by atoms with Gasteiger partial charge < -0.3 is 9.47 Å². The van der Waals surface area contributed by atoms with Gasteiger partial charge in [-0.3, -0.25) is 0 Å². The summed E-state index contributed by atoms with van der Waals surface area (Å²) in [6, 6.07) is 12.1. The fraction of sp³-hybridized carbons (Fsp3) is 0.200. The van der Waals surface area contributed by atoms with Crippen molar-refractivity contribution in [1.82, 2.24) is 0 Å². The summed E-state index contributed by atoms with van der Waals surface area (Å²) in [5.41, 5.74) is 1.72. The minimum Gasteiger partial charge on any atom is -0.454 e. The van der Waals surface area contributed by atoms with Gasteiger partial charge in [0, 0.05) is 0 Å². The van der Waals surface area contributed by atoms with E-state index in [-0.39, 0.29) is 12.5 Å². The standard InChI is InChI=1S/C15H14O4S/c1-11-2-5-13(6-3-11)20(16,17)9-12-4-7-14-15(8-12)19-10-18-14/h2-8H,9-10H2,1H3. The highest BCUT2D eigenvalue weighted by Crippen LogP contribution is 2.33. The number of hydrogen-bond donors (Lipinski definition) is 0. The summed E-state index contributed by atoms with van der Waals surface area (Å²) in [6.07, 6.45) is 0. The van der Waals surface area contributed by atoms with E-state index in [1.807, 2.05) is 6.92 Å². The lowest BCUT2D eigenvalue weighted by molar-refractivity contribution is 0.174. The molecular formula is C15H14O4S. The van der Waals surface area contributed by atoms with Crippen LogP contribution in [-0.2, 0) is 15.6 Å². The van der Waals surface area contributed by atoms with Gasteiger partial charge in [0.1, 0.15) is 0 Å². The highest BCUT2D eigenvalue weighted by atomic mass is 32.2. The normalized spacial score (nSPS) is 13.4. The summed E-state index contributed by atoms with van der Waals surface area (Å²) < 4.78 is 35.1. The van der Waals surface area contributed by atoms with Crippen LogP contribution in [-0.4, -0.2) is 15.2 Å². The predicted molar refractivity (Wildman–Crippen MR) is 74.6 cm³/mol. The molecule has 3 rings (SSSR count). The average molecular weight is 290 g/mol. The first-order valence-electron chi connectivity index (χ1n) is 6.22. The molecule has 0 bridgehead atoms. The minimum atomic E-state index is -3.34. The Morgan fingerprint density at radius 1 is 1.00 bits per heavy atom. The number of fused-ring (bicyclic) bond motifs is 1. The van der Waals surface area contributed by atoms with Crippen molar-refractivity contribution in [2.24, 2.45) is 0 Å². The van der Waals surface area contributed by atoms with E-state index in [4.69, 9.17) is 9.47 Å². The molecule has 5 heteroatoms. The van der Waals surface area contributed by atoms with Crippen LogP contribution in [0.25, 0.3) is 0 Å². The smallest absolute Gasteiger partial charge is 0.231 e. The molecule has 4 nitrogen and oxygen atoms in total. The minimum absolute atomic E-state index is 0.0489. The Labute approximate surface area is 117 Å². The van der Waals surface area contributed by atoms with Crippen molar-refractivity contribution in [3.8, 4) is 11.5 Å². The Balaban J connectivity index is 1.88. The maximum absolute atomic E-state index is 12.3. The van der Waals surface area contributed by atoms with E-state index in [1.54, 1.807) is 42.5 Å². The van der Waals surface area contributed by atoms with Gasteiger partial charge in [0.2, 0.25) is 6.79 Å². The Morgan fingerprint density at radius 3 is 2.45 bits per heavy atom. The first kappa shape index (κ1) is 13.0. The van der Waals surface area contributed by atoms with E-state index in [0.717, 1.165) is 5.56 Å². The summed E-state index contributed by atoms with van der Waals surface area (Å²) in [5.74, 6) is 1.20. The lowest BCUT2D eigenvalue weighted by Gasteiger charge is -2.06. The molecule has 0 saturated carbocycles. The largest absolute Gasteiger partial charge is 0.454 e. The lowest BCUT2D eigenvalue weighted by Crippen LogP contribution is -2.04. The average Bonchev–Trinajstić information content (AvgIpc) is 2.86. The molecule has 1 aliphatic rings. The molecule has 0 amide bonds. The maximum Gasteiger partial charge on any atom is 0.231 e. The first-order chi connectivity index (χ1) is 9.54. The predicted octanol–water partition coefficient (Wildman–Crippen LogP) is 2.70. The summed E-state index contributed by atoms with van der Waals surface area (Å²) in [5, 5.41) is 0. The van der Waals surface area contributed by atoms with Crippen LogP contribution in [0.15, 0.2) is 47.4 Å². The van der Waals surface area contributed by atoms with Gasteiger partial charge in [-0.1, -0.05) is 23.8 Å². The monoisotopic (exact) mass is 290 g/mol. The van der Waals surface area contributed by atoms with Gasteiger partial charge in [-0.15, -0.1) is 0 Å². The summed E-state index contributed by atoms with van der Waals surface area (Å²) in [4.78, 5) is 0.334. The van der Waals surface area contributed by atoms with Crippen molar-refractivity contribution in [2.75, 3.05) is 6.79 Å². The maximum atomic E-state index is 12.3. The zero-order chi connectivity index (χ0) is 14.2. The van der Waals surface area contributed by atoms with Crippen molar-refractivity contribution in [3.63, 3.8) is 0 Å². The molecule has 20 heavy (non-hydrogen) atoms. The quantitative estimate of drug-likeness (QED) is 0.872.